The Hall–Kier alpha value is -3.09. The van der Waals surface area contributed by atoms with Crippen LogP contribution in [0.2, 0.25) is 0 Å². The molecule has 28 heavy (non-hydrogen) atoms. The van der Waals surface area contributed by atoms with Gasteiger partial charge in [-0.1, -0.05) is 37.3 Å². The van der Waals surface area contributed by atoms with Gasteiger partial charge in [0.1, 0.15) is 5.69 Å². The van der Waals surface area contributed by atoms with Crippen LogP contribution in [0.1, 0.15) is 35.3 Å². The number of carbonyl (C=O) groups excluding carboxylic acids is 2. The number of aromatic nitrogens is 1. The smallest absolute Gasteiger partial charge is 0.270 e. The molecular weight excluding hydrogens is 358 g/mol. The average Bonchev–Trinajstić information content (AvgIpc) is 2.71. The summed E-state index contributed by atoms with van der Waals surface area (Å²) in [4.78, 5) is 38.8. The summed E-state index contributed by atoms with van der Waals surface area (Å²) in [5, 5.41) is 2.93. The summed E-state index contributed by atoms with van der Waals surface area (Å²) in [5.74, 6) is -0.233. The second kappa shape index (κ2) is 8.73. The first kappa shape index (κ1) is 19.7. The molecule has 1 aliphatic rings. The Bertz CT molecular complexity index is 908. The van der Waals surface area contributed by atoms with Crippen molar-refractivity contribution in [2.24, 2.45) is 0 Å². The molecule has 1 N–H and O–H groups in total. The van der Waals surface area contributed by atoms with Crippen LogP contribution in [0.25, 0.3) is 0 Å². The third-order valence-corrected chi connectivity index (χ3v) is 5.04. The zero-order valence-corrected chi connectivity index (χ0v) is 16.2. The number of amides is 2. The standard InChI is InChI=1S/C21H25N3O4/c1-3-16(15-7-5-4-6-8-15)20(26)22-9-10-23-11-12-24-14-19(28-2)18(25)13-17(24)21(23)27/h4-8,13-14,16H,3,9-12H2,1-2H3,(H,22,26). The lowest BCUT2D eigenvalue weighted by molar-refractivity contribution is -0.122. The lowest BCUT2D eigenvalue weighted by Crippen LogP contribution is -2.45. The zero-order valence-electron chi connectivity index (χ0n) is 16.2. The largest absolute Gasteiger partial charge is 0.491 e. The first-order chi connectivity index (χ1) is 13.5. The number of hydrogen-bond acceptors (Lipinski definition) is 4. The second-order valence-electron chi connectivity index (χ2n) is 6.74. The Morgan fingerprint density at radius 2 is 1.96 bits per heavy atom. The van der Waals surface area contributed by atoms with Gasteiger partial charge in [0.05, 0.1) is 19.2 Å². The van der Waals surface area contributed by atoms with Crippen molar-refractivity contribution < 1.29 is 14.3 Å². The van der Waals surface area contributed by atoms with Crippen LogP contribution in [-0.4, -0.2) is 48.0 Å². The number of hydrogen-bond donors (Lipinski definition) is 1. The van der Waals surface area contributed by atoms with E-state index in [1.54, 1.807) is 15.7 Å². The zero-order chi connectivity index (χ0) is 20.1. The van der Waals surface area contributed by atoms with Gasteiger partial charge in [-0.15, -0.1) is 0 Å². The van der Waals surface area contributed by atoms with Crippen LogP contribution >= 0.6 is 0 Å². The summed E-state index contributed by atoms with van der Waals surface area (Å²) in [6.07, 6.45) is 2.27. The third-order valence-electron chi connectivity index (χ3n) is 5.04. The molecule has 0 fully saturated rings. The van der Waals surface area contributed by atoms with E-state index in [9.17, 15) is 14.4 Å². The van der Waals surface area contributed by atoms with Crippen molar-refractivity contribution in [2.75, 3.05) is 26.7 Å². The number of fused-ring (bicyclic) bond motifs is 1. The summed E-state index contributed by atoms with van der Waals surface area (Å²) in [6, 6.07) is 11.0. The van der Waals surface area contributed by atoms with E-state index in [1.807, 2.05) is 37.3 Å². The van der Waals surface area contributed by atoms with Gasteiger partial charge in [0.15, 0.2) is 5.75 Å². The van der Waals surface area contributed by atoms with Gasteiger partial charge in [-0.3, -0.25) is 14.4 Å². The van der Waals surface area contributed by atoms with Gasteiger partial charge in [-0.05, 0) is 12.0 Å². The van der Waals surface area contributed by atoms with Crippen LogP contribution < -0.4 is 15.5 Å². The molecule has 0 aliphatic carbocycles. The highest BCUT2D eigenvalue weighted by Gasteiger charge is 2.25. The molecule has 7 heteroatoms. The molecule has 1 atom stereocenters. The second-order valence-corrected chi connectivity index (χ2v) is 6.74. The highest BCUT2D eigenvalue weighted by atomic mass is 16.5. The predicted octanol–water partition coefficient (Wildman–Crippen LogP) is 1.62. The van der Waals surface area contributed by atoms with Crippen molar-refractivity contribution in [3.63, 3.8) is 0 Å². The molecule has 0 saturated carbocycles. The van der Waals surface area contributed by atoms with Crippen molar-refractivity contribution in [2.45, 2.75) is 25.8 Å². The number of nitrogens with zero attached hydrogens (tertiary/aromatic N) is 2. The first-order valence-electron chi connectivity index (χ1n) is 9.45. The number of pyridine rings is 1. The molecule has 148 valence electrons. The Labute approximate surface area is 163 Å². The van der Waals surface area contributed by atoms with E-state index < -0.39 is 0 Å². The summed E-state index contributed by atoms with van der Waals surface area (Å²) in [7, 11) is 1.43. The molecule has 1 aromatic heterocycles. The minimum absolute atomic E-state index is 0.0421. The topological polar surface area (TPSA) is 80.6 Å². The average molecular weight is 383 g/mol. The molecule has 0 bridgehead atoms. The van der Waals surface area contributed by atoms with E-state index >= 15 is 0 Å². The number of nitrogens with one attached hydrogen (secondary N) is 1. The van der Waals surface area contributed by atoms with Crippen molar-refractivity contribution in [3.05, 3.63) is 64.1 Å². The Morgan fingerprint density at radius 1 is 1.21 bits per heavy atom. The molecule has 0 radical (unpaired) electrons. The SMILES string of the molecule is CCC(C(=O)NCCN1CCn2cc(OC)c(=O)cc2C1=O)c1ccccc1. The van der Waals surface area contributed by atoms with Crippen LogP contribution in [0.5, 0.6) is 5.75 Å². The van der Waals surface area contributed by atoms with Gasteiger partial charge in [-0.25, -0.2) is 0 Å². The third kappa shape index (κ3) is 4.08. The van der Waals surface area contributed by atoms with E-state index in [0.29, 0.717) is 38.3 Å². The summed E-state index contributed by atoms with van der Waals surface area (Å²) >= 11 is 0. The molecule has 0 spiro atoms. The molecule has 1 unspecified atom stereocenters. The van der Waals surface area contributed by atoms with Crippen molar-refractivity contribution in [3.8, 4) is 5.75 Å². The molecule has 2 heterocycles. The van der Waals surface area contributed by atoms with Gasteiger partial charge in [0.2, 0.25) is 11.3 Å². The summed E-state index contributed by atoms with van der Waals surface area (Å²) in [6.45, 7) is 3.84. The maximum Gasteiger partial charge on any atom is 0.270 e. The number of rotatable bonds is 7. The lowest BCUT2D eigenvalue weighted by Gasteiger charge is -2.30. The fourth-order valence-corrected chi connectivity index (χ4v) is 3.48. The van der Waals surface area contributed by atoms with Gasteiger partial charge < -0.3 is 19.5 Å². The molecule has 7 nitrogen and oxygen atoms in total. The fourth-order valence-electron chi connectivity index (χ4n) is 3.48. The van der Waals surface area contributed by atoms with E-state index in [-0.39, 0.29) is 28.9 Å². The fraction of sp³-hybridized carbons (Fsp3) is 0.381. The van der Waals surface area contributed by atoms with E-state index in [0.717, 1.165) is 5.56 Å². The maximum atomic E-state index is 12.7. The quantitative estimate of drug-likeness (QED) is 0.788. The first-order valence-corrected chi connectivity index (χ1v) is 9.45. The van der Waals surface area contributed by atoms with Crippen LogP contribution in [0.3, 0.4) is 0 Å². The van der Waals surface area contributed by atoms with Gasteiger partial charge >= 0.3 is 0 Å². The highest BCUT2D eigenvalue weighted by molar-refractivity contribution is 5.93. The normalized spacial score (nSPS) is 14.4. The molecule has 2 aromatic rings. The van der Waals surface area contributed by atoms with Crippen LogP contribution in [0.4, 0.5) is 0 Å². The number of methoxy groups -OCH3 is 1. The van der Waals surface area contributed by atoms with E-state index in [4.69, 9.17) is 4.74 Å². The molecule has 0 saturated heterocycles. The summed E-state index contributed by atoms with van der Waals surface area (Å²) < 4.78 is 6.76. The maximum absolute atomic E-state index is 12.7. The van der Waals surface area contributed by atoms with Crippen LogP contribution in [-0.2, 0) is 11.3 Å². The van der Waals surface area contributed by atoms with Crippen molar-refractivity contribution >= 4 is 11.8 Å². The minimum atomic E-state index is -0.314. The molecule has 1 aliphatic heterocycles. The van der Waals surface area contributed by atoms with Crippen LogP contribution in [0, 0.1) is 0 Å². The minimum Gasteiger partial charge on any atom is -0.491 e. The lowest BCUT2D eigenvalue weighted by atomic mass is 9.96. The van der Waals surface area contributed by atoms with E-state index in [2.05, 4.69) is 5.32 Å². The van der Waals surface area contributed by atoms with Gasteiger partial charge in [0.25, 0.3) is 5.91 Å². The number of benzene rings is 1. The van der Waals surface area contributed by atoms with Crippen molar-refractivity contribution in [1.82, 2.24) is 14.8 Å². The summed E-state index contributed by atoms with van der Waals surface area (Å²) in [5.41, 5.74) is 1.02. The van der Waals surface area contributed by atoms with Gasteiger partial charge in [0, 0.05) is 32.2 Å². The highest BCUT2D eigenvalue weighted by Crippen LogP contribution is 2.19. The Morgan fingerprint density at radius 3 is 2.64 bits per heavy atom. The van der Waals surface area contributed by atoms with E-state index in [1.165, 1.54) is 13.2 Å². The van der Waals surface area contributed by atoms with Gasteiger partial charge in [-0.2, -0.15) is 0 Å². The van der Waals surface area contributed by atoms with Crippen molar-refractivity contribution in [1.29, 1.82) is 0 Å². The Kier molecular flexibility index (Phi) is 6.13. The predicted molar refractivity (Wildman–Crippen MR) is 106 cm³/mol. The number of ether oxygens (including phenoxy) is 1. The molecule has 3 rings (SSSR count). The molecular formula is C21H25N3O4. The Balaban J connectivity index is 1.60. The number of carbonyl (C=O) groups is 2. The molecule has 2 amide bonds. The molecule has 1 aromatic carbocycles. The van der Waals surface area contributed by atoms with Crippen LogP contribution in [0.15, 0.2) is 47.4 Å². The monoisotopic (exact) mass is 383 g/mol.